The standard InChI is InChI=1S/C13H11N3O2S/c1-7-3-5-8(6-4-7)12-14-10-9(18-12)11(17)16-13(15-10)19-2/h3-6H,1-2H3,(H,15,16,17). The van der Waals surface area contributed by atoms with Crippen LogP contribution in [0.3, 0.4) is 0 Å². The number of hydrogen-bond acceptors (Lipinski definition) is 5. The average Bonchev–Trinajstić information content (AvgIpc) is 2.84. The van der Waals surface area contributed by atoms with E-state index in [1.165, 1.54) is 11.8 Å². The van der Waals surface area contributed by atoms with Crippen molar-refractivity contribution in [2.45, 2.75) is 12.1 Å². The third-order valence-electron chi connectivity index (χ3n) is 2.74. The van der Waals surface area contributed by atoms with E-state index >= 15 is 0 Å². The van der Waals surface area contributed by atoms with Gasteiger partial charge in [0.1, 0.15) is 0 Å². The van der Waals surface area contributed by atoms with Crippen LogP contribution in [0.15, 0.2) is 38.6 Å². The van der Waals surface area contributed by atoms with Gasteiger partial charge in [-0.2, -0.15) is 4.98 Å². The van der Waals surface area contributed by atoms with Gasteiger partial charge in [0.15, 0.2) is 5.16 Å². The molecule has 0 bridgehead atoms. The number of rotatable bonds is 2. The van der Waals surface area contributed by atoms with Crippen LogP contribution in [0.25, 0.3) is 22.7 Å². The molecule has 0 saturated carbocycles. The van der Waals surface area contributed by atoms with Crippen LogP contribution >= 0.6 is 11.8 Å². The molecule has 6 heteroatoms. The Labute approximate surface area is 113 Å². The molecule has 0 aliphatic heterocycles. The van der Waals surface area contributed by atoms with Crippen molar-refractivity contribution in [3.8, 4) is 11.5 Å². The molecular weight excluding hydrogens is 262 g/mol. The van der Waals surface area contributed by atoms with Crippen molar-refractivity contribution < 1.29 is 4.42 Å². The first-order chi connectivity index (χ1) is 9.17. The number of aromatic amines is 1. The first kappa shape index (κ1) is 12.0. The molecule has 2 aromatic heterocycles. The lowest BCUT2D eigenvalue weighted by Crippen LogP contribution is -2.07. The lowest BCUT2D eigenvalue weighted by molar-refractivity contribution is 0.613. The van der Waals surface area contributed by atoms with Gasteiger partial charge >= 0.3 is 0 Å². The van der Waals surface area contributed by atoms with Crippen molar-refractivity contribution in [2.24, 2.45) is 0 Å². The van der Waals surface area contributed by atoms with Crippen LogP contribution in [0.5, 0.6) is 0 Å². The number of aromatic nitrogens is 3. The quantitative estimate of drug-likeness (QED) is 0.574. The summed E-state index contributed by atoms with van der Waals surface area (Å²) in [5.74, 6) is 0.409. The number of oxazole rings is 1. The van der Waals surface area contributed by atoms with Crippen LogP contribution in [0.2, 0.25) is 0 Å². The maximum absolute atomic E-state index is 11.8. The smallest absolute Gasteiger partial charge is 0.297 e. The number of aryl methyl sites for hydroxylation is 1. The van der Waals surface area contributed by atoms with Crippen LogP contribution in [-0.4, -0.2) is 21.2 Å². The minimum Gasteiger partial charge on any atom is -0.428 e. The maximum atomic E-state index is 11.8. The van der Waals surface area contributed by atoms with E-state index in [4.69, 9.17) is 4.42 Å². The Morgan fingerprint density at radius 2 is 1.95 bits per heavy atom. The van der Waals surface area contributed by atoms with Gasteiger partial charge in [-0.3, -0.25) is 9.78 Å². The second-order valence-electron chi connectivity index (χ2n) is 4.11. The lowest BCUT2D eigenvalue weighted by Gasteiger charge is -1.94. The van der Waals surface area contributed by atoms with Gasteiger partial charge < -0.3 is 4.42 Å². The van der Waals surface area contributed by atoms with Crippen LogP contribution in [-0.2, 0) is 0 Å². The highest BCUT2D eigenvalue weighted by Gasteiger charge is 2.13. The predicted octanol–water partition coefficient (Wildman–Crippen LogP) is 2.61. The maximum Gasteiger partial charge on any atom is 0.297 e. The van der Waals surface area contributed by atoms with E-state index in [1.54, 1.807) is 0 Å². The molecule has 0 atom stereocenters. The van der Waals surface area contributed by atoms with Crippen LogP contribution in [0, 0.1) is 6.92 Å². The van der Waals surface area contributed by atoms with Crippen molar-refractivity contribution in [1.82, 2.24) is 15.0 Å². The second-order valence-corrected chi connectivity index (χ2v) is 4.91. The molecule has 0 amide bonds. The number of H-pyrrole nitrogens is 1. The summed E-state index contributed by atoms with van der Waals surface area (Å²) in [6.07, 6.45) is 1.84. The predicted molar refractivity (Wildman–Crippen MR) is 74.4 cm³/mol. The average molecular weight is 273 g/mol. The highest BCUT2D eigenvalue weighted by atomic mass is 32.2. The SMILES string of the molecule is CSc1nc2nc(-c3ccc(C)cc3)oc2c(=O)[nH]1. The zero-order valence-electron chi connectivity index (χ0n) is 10.4. The van der Waals surface area contributed by atoms with Gasteiger partial charge in [0.2, 0.25) is 17.1 Å². The molecular formula is C13H11N3O2S. The number of hydrogen-bond donors (Lipinski definition) is 1. The second kappa shape index (κ2) is 4.55. The largest absolute Gasteiger partial charge is 0.428 e. The first-order valence-electron chi connectivity index (χ1n) is 5.69. The Morgan fingerprint density at radius 1 is 1.21 bits per heavy atom. The Hall–Kier alpha value is -2.08. The van der Waals surface area contributed by atoms with Crippen molar-refractivity contribution in [1.29, 1.82) is 0 Å². The third kappa shape index (κ3) is 2.15. The number of thioether (sulfide) groups is 1. The minimum absolute atomic E-state index is 0.161. The molecule has 3 aromatic rings. The van der Waals surface area contributed by atoms with Crippen LogP contribution in [0.4, 0.5) is 0 Å². The summed E-state index contributed by atoms with van der Waals surface area (Å²) in [5.41, 5.74) is 2.17. The first-order valence-corrected chi connectivity index (χ1v) is 6.92. The molecule has 3 rings (SSSR count). The molecule has 96 valence electrons. The fourth-order valence-electron chi connectivity index (χ4n) is 1.73. The van der Waals surface area contributed by atoms with Gasteiger partial charge in [-0.15, -0.1) is 0 Å². The monoisotopic (exact) mass is 273 g/mol. The Kier molecular flexibility index (Phi) is 2.87. The molecule has 0 spiro atoms. The minimum atomic E-state index is -0.305. The number of benzene rings is 1. The Bertz CT molecular complexity index is 790. The zero-order chi connectivity index (χ0) is 13.4. The molecule has 0 saturated heterocycles. The topological polar surface area (TPSA) is 71.8 Å². The molecule has 0 unspecified atom stereocenters. The van der Waals surface area contributed by atoms with Crippen molar-refractivity contribution in [2.75, 3.05) is 6.26 Å². The normalized spacial score (nSPS) is 11.1. The van der Waals surface area contributed by atoms with Crippen molar-refractivity contribution in [3.05, 3.63) is 40.2 Å². The van der Waals surface area contributed by atoms with Crippen molar-refractivity contribution >= 4 is 23.0 Å². The number of fused-ring (bicyclic) bond motifs is 1. The summed E-state index contributed by atoms with van der Waals surface area (Å²) in [6.45, 7) is 2.01. The van der Waals surface area contributed by atoms with Crippen LogP contribution < -0.4 is 5.56 Å². The van der Waals surface area contributed by atoms with E-state index in [0.717, 1.165) is 11.1 Å². The molecule has 0 radical (unpaired) electrons. The fourth-order valence-corrected chi connectivity index (χ4v) is 2.10. The summed E-state index contributed by atoms with van der Waals surface area (Å²) in [4.78, 5) is 22.9. The summed E-state index contributed by atoms with van der Waals surface area (Å²) >= 11 is 1.36. The van der Waals surface area contributed by atoms with E-state index in [0.29, 0.717) is 16.7 Å². The summed E-state index contributed by atoms with van der Waals surface area (Å²) in [7, 11) is 0. The molecule has 5 nitrogen and oxygen atoms in total. The Morgan fingerprint density at radius 3 is 2.63 bits per heavy atom. The molecule has 1 N–H and O–H groups in total. The lowest BCUT2D eigenvalue weighted by atomic mass is 10.1. The summed E-state index contributed by atoms with van der Waals surface area (Å²) in [5, 5.41) is 0.529. The van der Waals surface area contributed by atoms with Gasteiger partial charge in [-0.1, -0.05) is 29.5 Å². The highest BCUT2D eigenvalue weighted by Crippen LogP contribution is 2.22. The van der Waals surface area contributed by atoms with E-state index in [2.05, 4.69) is 15.0 Å². The van der Waals surface area contributed by atoms with E-state index in [-0.39, 0.29) is 11.1 Å². The fraction of sp³-hybridized carbons (Fsp3) is 0.154. The van der Waals surface area contributed by atoms with Crippen LogP contribution in [0.1, 0.15) is 5.56 Å². The molecule has 1 aromatic carbocycles. The van der Waals surface area contributed by atoms with Gasteiger partial charge in [0.25, 0.3) is 5.56 Å². The van der Waals surface area contributed by atoms with Gasteiger partial charge in [-0.05, 0) is 25.3 Å². The number of nitrogens with zero attached hydrogens (tertiary/aromatic N) is 2. The third-order valence-corrected chi connectivity index (χ3v) is 3.32. The number of nitrogens with one attached hydrogen (secondary N) is 1. The summed E-state index contributed by atoms with van der Waals surface area (Å²) < 4.78 is 5.50. The van der Waals surface area contributed by atoms with Crippen molar-refractivity contribution in [3.63, 3.8) is 0 Å². The van der Waals surface area contributed by atoms with Gasteiger partial charge in [0, 0.05) is 5.56 Å². The summed E-state index contributed by atoms with van der Waals surface area (Å²) in [6, 6.07) is 7.75. The van der Waals surface area contributed by atoms with E-state index < -0.39 is 0 Å². The molecule has 2 heterocycles. The molecule has 0 fully saturated rings. The molecule has 0 aliphatic rings. The highest BCUT2D eigenvalue weighted by molar-refractivity contribution is 7.98. The zero-order valence-corrected chi connectivity index (χ0v) is 11.2. The van der Waals surface area contributed by atoms with E-state index in [1.807, 2.05) is 37.4 Å². The van der Waals surface area contributed by atoms with Gasteiger partial charge in [-0.25, -0.2) is 4.98 Å². The van der Waals surface area contributed by atoms with Gasteiger partial charge in [0.05, 0.1) is 0 Å². The molecule has 0 aliphatic carbocycles. The van der Waals surface area contributed by atoms with E-state index in [9.17, 15) is 4.79 Å². The molecule has 19 heavy (non-hydrogen) atoms. The Balaban J connectivity index is 2.18.